The second kappa shape index (κ2) is 56.1. The molecule has 3 aliphatic heterocycles. The van der Waals surface area contributed by atoms with Gasteiger partial charge in [-0.1, -0.05) is 295 Å². The SMILES string of the molecule is CCCCCC/C=C/CC/C=C/C(O)C(COC1OC(CO)C(OC2OC(CO)C(OC3OC(CO)C(O)C(O)C3O)C(O)C2O)C(O)C1O)NC(=O)CCCCCCCCCCCCCCCCCCCCCCCCCCCCCCCCCCCCCCCC. The number of allylic oxidation sites excluding steroid dienone is 3. The molecular formula is C74H139NO18. The van der Waals surface area contributed by atoms with Gasteiger partial charge in [-0.3, -0.25) is 4.79 Å². The monoisotopic (exact) mass is 1330 g/mol. The largest absolute Gasteiger partial charge is 0.394 e. The standard InChI is InChI=1S/C74H139NO18/c1-3-5-7-9-11-13-15-16-17-18-19-20-21-22-23-24-25-26-27-28-29-30-31-32-33-34-35-36-37-38-39-40-41-42-44-46-48-50-52-62(80)75-57(58(79)51-49-47-45-43-14-12-10-8-6-4-2)56-88-72-68(86)65(83)70(60(54-77)90-72)93-74-69(87)66(84)71(61(55-78)91-74)92-73-67(85)64(82)63(81)59(53-76)89-73/h14,43,49,51,57-61,63-74,76-79,81-87H,3-13,15-42,44-48,50,52-56H2,1-2H3,(H,75,80)/b43-14+,51-49+. The van der Waals surface area contributed by atoms with E-state index in [1.807, 2.05) is 6.08 Å². The Morgan fingerprint density at radius 3 is 1.08 bits per heavy atom. The second-order valence-electron chi connectivity index (χ2n) is 27.5. The molecule has 17 unspecified atom stereocenters. The van der Waals surface area contributed by atoms with E-state index in [2.05, 4.69) is 31.3 Å². The third-order valence-corrected chi connectivity index (χ3v) is 19.3. The molecule has 0 spiro atoms. The highest BCUT2D eigenvalue weighted by Gasteiger charge is 2.53. The van der Waals surface area contributed by atoms with Crippen LogP contribution in [0.3, 0.4) is 0 Å². The van der Waals surface area contributed by atoms with E-state index in [-0.39, 0.29) is 18.9 Å². The number of unbranched alkanes of at least 4 members (excludes halogenated alkanes) is 42. The number of carbonyl (C=O) groups excluding carboxylic acids is 1. The number of ether oxygens (including phenoxy) is 6. The fraction of sp³-hybridized carbons (Fsp3) is 0.932. The van der Waals surface area contributed by atoms with Crippen LogP contribution in [0.1, 0.15) is 309 Å². The molecule has 3 fully saturated rings. The minimum atomic E-state index is -1.98. The maximum absolute atomic E-state index is 13.4. The van der Waals surface area contributed by atoms with Gasteiger partial charge in [0.05, 0.1) is 38.6 Å². The van der Waals surface area contributed by atoms with Crippen molar-refractivity contribution in [3.05, 3.63) is 24.3 Å². The van der Waals surface area contributed by atoms with E-state index in [1.54, 1.807) is 6.08 Å². The van der Waals surface area contributed by atoms with Crippen molar-refractivity contribution < 1.29 is 89.4 Å². The van der Waals surface area contributed by atoms with Crippen LogP contribution >= 0.6 is 0 Å². The molecule has 3 aliphatic rings. The Labute approximate surface area is 562 Å². The van der Waals surface area contributed by atoms with Gasteiger partial charge in [0.1, 0.15) is 73.2 Å². The quantitative estimate of drug-likeness (QED) is 0.0199. The molecule has 0 bridgehead atoms. The van der Waals surface area contributed by atoms with Crippen molar-refractivity contribution in [2.24, 2.45) is 0 Å². The van der Waals surface area contributed by atoms with Crippen molar-refractivity contribution >= 4 is 5.91 Å². The zero-order valence-corrected chi connectivity index (χ0v) is 58.3. The lowest BCUT2D eigenvalue weighted by Gasteiger charge is -2.48. The van der Waals surface area contributed by atoms with E-state index in [4.69, 9.17) is 28.4 Å². The molecule has 0 aliphatic carbocycles. The van der Waals surface area contributed by atoms with Crippen LogP contribution in [0.4, 0.5) is 0 Å². The van der Waals surface area contributed by atoms with Gasteiger partial charge in [0.25, 0.3) is 0 Å². The summed E-state index contributed by atoms with van der Waals surface area (Å²) in [5, 5.41) is 120. The Kier molecular flexibility index (Phi) is 51.5. The topological polar surface area (TPSA) is 307 Å². The van der Waals surface area contributed by atoms with E-state index in [0.29, 0.717) is 12.8 Å². The summed E-state index contributed by atoms with van der Waals surface area (Å²) in [4.78, 5) is 13.4. The highest BCUT2D eigenvalue weighted by atomic mass is 16.8. The Bertz CT molecular complexity index is 1780. The third kappa shape index (κ3) is 37.3. The van der Waals surface area contributed by atoms with Crippen LogP contribution in [-0.2, 0) is 33.2 Å². The molecule has 19 heteroatoms. The first-order chi connectivity index (χ1) is 45.3. The van der Waals surface area contributed by atoms with E-state index < -0.39 is 124 Å². The number of nitrogens with one attached hydrogen (secondary N) is 1. The molecule has 93 heavy (non-hydrogen) atoms. The summed E-state index contributed by atoms with van der Waals surface area (Å²) in [6, 6.07) is -0.985. The molecule has 0 aromatic carbocycles. The summed E-state index contributed by atoms with van der Waals surface area (Å²) in [5.41, 5.74) is 0. The number of amides is 1. The highest BCUT2D eigenvalue weighted by molar-refractivity contribution is 5.76. The molecule has 1 amide bonds. The van der Waals surface area contributed by atoms with Gasteiger partial charge < -0.3 is 89.9 Å². The van der Waals surface area contributed by atoms with E-state index in [0.717, 1.165) is 38.5 Å². The van der Waals surface area contributed by atoms with Gasteiger partial charge in [-0.15, -0.1) is 0 Å². The number of rotatable bonds is 60. The first-order valence-electron chi connectivity index (χ1n) is 38.1. The number of hydrogen-bond donors (Lipinski definition) is 12. The van der Waals surface area contributed by atoms with Gasteiger partial charge in [0, 0.05) is 6.42 Å². The van der Waals surface area contributed by atoms with Crippen LogP contribution in [0.5, 0.6) is 0 Å². The van der Waals surface area contributed by atoms with Crippen LogP contribution in [0.25, 0.3) is 0 Å². The molecule has 19 nitrogen and oxygen atoms in total. The first-order valence-corrected chi connectivity index (χ1v) is 38.1. The third-order valence-electron chi connectivity index (χ3n) is 19.3. The van der Waals surface area contributed by atoms with E-state index in [9.17, 15) is 61.0 Å². The van der Waals surface area contributed by atoms with Crippen LogP contribution in [0, 0.1) is 0 Å². The molecule has 0 saturated carbocycles. The predicted molar refractivity (Wildman–Crippen MR) is 365 cm³/mol. The number of aliphatic hydroxyl groups excluding tert-OH is 11. The number of carbonyl (C=O) groups is 1. The summed E-state index contributed by atoms with van der Waals surface area (Å²) >= 11 is 0. The summed E-state index contributed by atoms with van der Waals surface area (Å²) in [6.07, 6.45) is 39.5. The zero-order chi connectivity index (χ0) is 67.5. The maximum atomic E-state index is 13.4. The summed E-state index contributed by atoms with van der Waals surface area (Å²) in [7, 11) is 0. The van der Waals surface area contributed by atoms with Crippen molar-refractivity contribution in [2.45, 2.75) is 413 Å². The molecule has 0 radical (unpaired) electrons. The molecule has 3 rings (SSSR count). The molecule has 17 atom stereocenters. The van der Waals surface area contributed by atoms with Gasteiger partial charge in [0.15, 0.2) is 18.9 Å². The lowest BCUT2D eigenvalue weighted by atomic mass is 9.96. The molecule has 0 aromatic heterocycles. The molecule has 3 heterocycles. The van der Waals surface area contributed by atoms with E-state index >= 15 is 0 Å². The fourth-order valence-corrected chi connectivity index (χ4v) is 13.1. The second-order valence-corrected chi connectivity index (χ2v) is 27.5. The van der Waals surface area contributed by atoms with Crippen LogP contribution in [0.15, 0.2) is 24.3 Å². The average Bonchev–Trinajstić information content (AvgIpc) is 0.803. The predicted octanol–water partition coefficient (Wildman–Crippen LogP) is 11.4. The molecule has 548 valence electrons. The van der Waals surface area contributed by atoms with Gasteiger partial charge in [-0.05, 0) is 32.1 Å². The lowest BCUT2D eigenvalue weighted by Crippen LogP contribution is -2.66. The van der Waals surface area contributed by atoms with Crippen LogP contribution in [-0.4, -0.2) is 193 Å². The zero-order valence-electron chi connectivity index (χ0n) is 58.3. The van der Waals surface area contributed by atoms with Crippen LogP contribution in [0.2, 0.25) is 0 Å². The van der Waals surface area contributed by atoms with Gasteiger partial charge in [-0.2, -0.15) is 0 Å². The van der Waals surface area contributed by atoms with Gasteiger partial charge in [0.2, 0.25) is 5.91 Å². The van der Waals surface area contributed by atoms with Crippen molar-refractivity contribution in [1.29, 1.82) is 0 Å². The Morgan fingerprint density at radius 2 is 0.688 bits per heavy atom. The summed E-state index contributed by atoms with van der Waals surface area (Å²) < 4.78 is 34.3. The molecule has 3 saturated heterocycles. The van der Waals surface area contributed by atoms with Gasteiger partial charge in [-0.25, -0.2) is 0 Å². The van der Waals surface area contributed by atoms with Crippen molar-refractivity contribution in [1.82, 2.24) is 5.32 Å². The fourth-order valence-electron chi connectivity index (χ4n) is 13.1. The number of hydrogen-bond acceptors (Lipinski definition) is 18. The van der Waals surface area contributed by atoms with Crippen molar-refractivity contribution in [3.63, 3.8) is 0 Å². The van der Waals surface area contributed by atoms with Crippen molar-refractivity contribution in [3.8, 4) is 0 Å². The summed E-state index contributed by atoms with van der Waals surface area (Å²) in [6.45, 7) is 1.69. The van der Waals surface area contributed by atoms with E-state index in [1.165, 1.54) is 238 Å². The Hall–Kier alpha value is -1.73. The van der Waals surface area contributed by atoms with Crippen molar-refractivity contribution in [2.75, 3.05) is 26.4 Å². The average molecular weight is 1330 g/mol. The molecule has 0 aromatic rings. The molecule has 12 N–H and O–H groups in total. The normalized spacial score (nSPS) is 27.6. The Morgan fingerprint density at radius 1 is 0.376 bits per heavy atom. The van der Waals surface area contributed by atoms with Crippen LogP contribution < -0.4 is 5.32 Å². The summed E-state index contributed by atoms with van der Waals surface area (Å²) in [5.74, 6) is -0.282. The van der Waals surface area contributed by atoms with Gasteiger partial charge >= 0.3 is 0 Å². The highest BCUT2D eigenvalue weighted by Crippen LogP contribution is 2.33. The minimum Gasteiger partial charge on any atom is -0.394 e. The first kappa shape index (κ1) is 85.5. The minimum absolute atomic E-state index is 0.240. The lowest BCUT2D eigenvalue weighted by molar-refractivity contribution is -0.379. The maximum Gasteiger partial charge on any atom is 0.220 e. The molecular weight excluding hydrogens is 1190 g/mol. The Balaban J connectivity index is 1.26. The smallest absolute Gasteiger partial charge is 0.220 e. The number of aliphatic hydroxyl groups is 11.